The first-order chi connectivity index (χ1) is 7.22. The number of nitrogens with zero attached hydrogens (tertiary/aromatic N) is 1. The molecule has 0 saturated heterocycles. The minimum atomic E-state index is -0.642. The molecule has 76 valence electrons. The number of carbonyl (C=O) groups excluding carboxylic acids is 1. The van der Waals surface area contributed by atoms with Crippen molar-refractivity contribution in [3.63, 3.8) is 0 Å². The number of carbonyl (C=O) groups is 1. The maximum Gasteiger partial charge on any atom is 0.358 e. The Balaban J connectivity index is 2.74. The number of fused-ring (bicyclic) bond motifs is 1. The molecule has 3 nitrogen and oxygen atoms in total. The summed E-state index contributed by atoms with van der Waals surface area (Å²) in [5.74, 6) is -0.642. The summed E-state index contributed by atoms with van der Waals surface area (Å²) in [7, 11) is 0. The van der Waals surface area contributed by atoms with Crippen LogP contribution in [0.3, 0.4) is 0 Å². The second-order valence-electron chi connectivity index (χ2n) is 2.88. The predicted molar refractivity (Wildman–Crippen MR) is 58.0 cm³/mol. The van der Waals surface area contributed by atoms with E-state index in [2.05, 4.69) is 9.27 Å². The summed E-state index contributed by atoms with van der Waals surface area (Å²) in [4.78, 5) is 15.4. The average Bonchev–Trinajstić information content (AvgIpc) is 2.27. The van der Waals surface area contributed by atoms with Gasteiger partial charge >= 0.3 is 5.97 Å². The standard InChI is InChI=1S/C10H5Cl2NO2/c11-8-5-4-6-2-1-3-7(9(6)13-8)10(14)15-12/h1-5H. The van der Waals surface area contributed by atoms with Gasteiger partial charge in [0.25, 0.3) is 0 Å². The third-order valence-electron chi connectivity index (χ3n) is 1.98. The highest BCUT2D eigenvalue weighted by atomic mass is 35.5. The van der Waals surface area contributed by atoms with Crippen LogP contribution in [0, 0.1) is 0 Å². The van der Waals surface area contributed by atoms with Crippen molar-refractivity contribution in [2.45, 2.75) is 0 Å². The van der Waals surface area contributed by atoms with Crippen LogP contribution in [0.15, 0.2) is 30.3 Å². The Bertz CT molecular complexity index is 528. The second-order valence-corrected chi connectivity index (χ2v) is 3.42. The van der Waals surface area contributed by atoms with Crippen molar-refractivity contribution >= 4 is 40.3 Å². The molecule has 0 aliphatic carbocycles. The summed E-state index contributed by atoms with van der Waals surface area (Å²) in [6, 6.07) is 8.55. The molecule has 1 aromatic heterocycles. The van der Waals surface area contributed by atoms with Crippen LogP contribution in [0.2, 0.25) is 5.15 Å². The average molecular weight is 242 g/mol. The van der Waals surface area contributed by atoms with Gasteiger partial charge in [-0.25, -0.2) is 9.78 Å². The first-order valence-corrected chi connectivity index (χ1v) is 4.79. The first kappa shape index (κ1) is 10.2. The summed E-state index contributed by atoms with van der Waals surface area (Å²) in [5.41, 5.74) is 0.778. The smallest absolute Gasteiger partial charge is 0.343 e. The van der Waals surface area contributed by atoms with Crippen LogP contribution in [0.5, 0.6) is 0 Å². The van der Waals surface area contributed by atoms with Gasteiger partial charge in [-0.3, -0.25) is 0 Å². The Labute approximate surface area is 95.8 Å². The van der Waals surface area contributed by atoms with Crippen molar-refractivity contribution < 1.29 is 9.08 Å². The number of aromatic nitrogens is 1. The number of hydrogen-bond acceptors (Lipinski definition) is 3. The Morgan fingerprint density at radius 2 is 2.07 bits per heavy atom. The van der Waals surface area contributed by atoms with Crippen molar-refractivity contribution in [3.8, 4) is 0 Å². The zero-order chi connectivity index (χ0) is 10.8. The van der Waals surface area contributed by atoms with E-state index < -0.39 is 5.97 Å². The van der Waals surface area contributed by atoms with Crippen LogP contribution in [0.25, 0.3) is 10.9 Å². The highest BCUT2D eigenvalue weighted by molar-refractivity contribution is 6.30. The van der Waals surface area contributed by atoms with Crippen LogP contribution in [-0.4, -0.2) is 11.0 Å². The molecule has 0 aliphatic heterocycles. The van der Waals surface area contributed by atoms with Crippen molar-refractivity contribution in [2.24, 2.45) is 0 Å². The van der Waals surface area contributed by atoms with Gasteiger partial charge in [0.1, 0.15) is 17.0 Å². The number of rotatable bonds is 1. The molecule has 2 rings (SSSR count). The van der Waals surface area contributed by atoms with Crippen molar-refractivity contribution in [1.29, 1.82) is 0 Å². The Morgan fingerprint density at radius 3 is 2.80 bits per heavy atom. The molecule has 0 atom stereocenters. The lowest BCUT2D eigenvalue weighted by Crippen LogP contribution is -2.00. The fraction of sp³-hybridized carbons (Fsp3) is 0. The zero-order valence-electron chi connectivity index (χ0n) is 7.41. The van der Waals surface area contributed by atoms with E-state index in [1.54, 1.807) is 24.3 Å². The van der Waals surface area contributed by atoms with Gasteiger partial charge < -0.3 is 4.29 Å². The SMILES string of the molecule is O=C(OCl)c1cccc2ccc(Cl)nc12. The monoisotopic (exact) mass is 241 g/mol. The molecule has 0 N–H and O–H groups in total. The topological polar surface area (TPSA) is 39.2 Å². The van der Waals surface area contributed by atoms with Gasteiger partial charge in [-0.05, 0) is 18.2 Å². The maximum atomic E-state index is 11.3. The van der Waals surface area contributed by atoms with Crippen LogP contribution >= 0.6 is 23.5 Å². The minimum Gasteiger partial charge on any atom is -0.343 e. The molecule has 0 saturated carbocycles. The molecule has 0 radical (unpaired) electrons. The number of hydrogen-bond donors (Lipinski definition) is 0. The van der Waals surface area contributed by atoms with Crippen molar-refractivity contribution in [1.82, 2.24) is 4.98 Å². The highest BCUT2D eigenvalue weighted by Crippen LogP contribution is 2.20. The molecular formula is C10H5Cl2NO2. The van der Waals surface area contributed by atoms with Crippen molar-refractivity contribution in [3.05, 3.63) is 41.0 Å². The minimum absolute atomic E-state index is 0.296. The number of para-hydroxylation sites is 1. The Kier molecular flexibility index (Phi) is 2.75. The van der Waals surface area contributed by atoms with E-state index in [-0.39, 0.29) is 0 Å². The molecule has 0 fully saturated rings. The van der Waals surface area contributed by atoms with Crippen LogP contribution in [0.1, 0.15) is 10.4 Å². The molecule has 1 heterocycles. The molecule has 1 aromatic carbocycles. The third kappa shape index (κ3) is 1.89. The lowest BCUT2D eigenvalue weighted by molar-refractivity contribution is 0.0753. The molecule has 2 aromatic rings. The number of benzene rings is 1. The van der Waals surface area contributed by atoms with E-state index in [1.165, 1.54) is 0 Å². The molecule has 0 amide bonds. The van der Waals surface area contributed by atoms with E-state index >= 15 is 0 Å². The Hall–Kier alpha value is -1.32. The molecule has 0 bridgehead atoms. The number of pyridine rings is 1. The van der Waals surface area contributed by atoms with Gasteiger partial charge in [0.05, 0.1) is 11.1 Å². The quantitative estimate of drug-likeness (QED) is 0.720. The van der Waals surface area contributed by atoms with Crippen LogP contribution in [-0.2, 0) is 4.29 Å². The van der Waals surface area contributed by atoms with E-state index in [9.17, 15) is 4.79 Å². The summed E-state index contributed by atoms with van der Waals surface area (Å²) in [6.07, 6.45) is 0. The van der Waals surface area contributed by atoms with Gasteiger partial charge in [-0.15, -0.1) is 0 Å². The molecule has 5 heteroatoms. The highest BCUT2D eigenvalue weighted by Gasteiger charge is 2.12. The second kappa shape index (κ2) is 4.04. The third-order valence-corrected chi connectivity index (χ3v) is 2.33. The van der Waals surface area contributed by atoms with E-state index in [0.29, 0.717) is 16.2 Å². The fourth-order valence-electron chi connectivity index (χ4n) is 1.33. The van der Waals surface area contributed by atoms with Crippen LogP contribution < -0.4 is 0 Å². The lowest BCUT2D eigenvalue weighted by Gasteiger charge is -2.02. The molecule has 0 spiro atoms. The van der Waals surface area contributed by atoms with E-state index in [1.807, 2.05) is 6.07 Å². The van der Waals surface area contributed by atoms with Gasteiger partial charge in [-0.2, -0.15) is 0 Å². The van der Waals surface area contributed by atoms with Gasteiger partial charge in [-0.1, -0.05) is 23.7 Å². The maximum absolute atomic E-state index is 11.3. The summed E-state index contributed by atoms with van der Waals surface area (Å²) in [6.45, 7) is 0. The van der Waals surface area contributed by atoms with Gasteiger partial charge in [0, 0.05) is 5.39 Å². The fourth-order valence-corrected chi connectivity index (χ4v) is 1.56. The van der Waals surface area contributed by atoms with Gasteiger partial charge in [0.2, 0.25) is 0 Å². The van der Waals surface area contributed by atoms with E-state index in [0.717, 1.165) is 5.39 Å². The summed E-state index contributed by atoms with van der Waals surface area (Å²) in [5, 5.41) is 1.12. The lowest BCUT2D eigenvalue weighted by atomic mass is 10.1. The normalized spacial score (nSPS) is 10.3. The molecule has 15 heavy (non-hydrogen) atoms. The Morgan fingerprint density at radius 1 is 1.27 bits per heavy atom. The van der Waals surface area contributed by atoms with Crippen molar-refractivity contribution in [2.75, 3.05) is 0 Å². The predicted octanol–water partition coefficient (Wildman–Crippen LogP) is 3.20. The van der Waals surface area contributed by atoms with Crippen LogP contribution in [0.4, 0.5) is 0 Å². The summed E-state index contributed by atoms with van der Waals surface area (Å²) < 4.78 is 4.13. The first-order valence-electron chi connectivity index (χ1n) is 4.10. The van der Waals surface area contributed by atoms with E-state index in [4.69, 9.17) is 23.5 Å². The van der Waals surface area contributed by atoms with Gasteiger partial charge in [0.15, 0.2) is 0 Å². The molecular weight excluding hydrogens is 237 g/mol. The molecule has 0 unspecified atom stereocenters. The zero-order valence-corrected chi connectivity index (χ0v) is 8.92. The largest absolute Gasteiger partial charge is 0.358 e. The summed E-state index contributed by atoms with van der Waals surface area (Å²) >= 11 is 10.8. The number of halogens is 2. The molecule has 0 aliphatic rings.